The van der Waals surface area contributed by atoms with E-state index in [0.717, 1.165) is 17.6 Å². The van der Waals surface area contributed by atoms with Gasteiger partial charge in [-0.3, -0.25) is 4.79 Å². The molecule has 1 saturated carbocycles. The van der Waals surface area contributed by atoms with Gasteiger partial charge in [-0.15, -0.1) is 0 Å². The number of hydrogen-bond donors (Lipinski definition) is 0. The zero-order chi connectivity index (χ0) is 15.4. The normalized spacial score (nSPS) is 16.0. The first kappa shape index (κ1) is 15.1. The van der Waals surface area contributed by atoms with Gasteiger partial charge in [-0.1, -0.05) is 31.4 Å². The Morgan fingerprint density at radius 2 is 2.05 bits per heavy atom. The summed E-state index contributed by atoms with van der Waals surface area (Å²) in [4.78, 5) is 19.1. The van der Waals surface area contributed by atoms with Crippen molar-refractivity contribution in [3.05, 3.63) is 30.6 Å². The van der Waals surface area contributed by atoms with Gasteiger partial charge in [-0.2, -0.15) is 0 Å². The van der Waals surface area contributed by atoms with E-state index in [1.54, 1.807) is 0 Å². The first-order valence-corrected chi connectivity index (χ1v) is 8.49. The summed E-state index contributed by atoms with van der Waals surface area (Å²) in [6, 6.07) is 8.54. The van der Waals surface area contributed by atoms with E-state index in [9.17, 15) is 4.79 Å². The number of carbonyl (C=O) groups is 1. The second-order valence-corrected chi connectivity index (χ2v) is 6.15. The van der Waals surface area contributed by atoms with Crippen LogP contribution in [0.3, 0.4) is 0 Å². The fraction of sp³-hybridized carbons (Fsp3) is 0.556. The lowest BCUT2D eigenvalue weighted by molar-refractivity contribution is -0.134. The summed E-state index contributed by atoms with van der Waals surface area (Å²) < 4.78 is 2.09. The molecule has 4 nitrogen and oxygen atoms in total. The average Bonchev–Trinajstić information content (AvgIpc) is 2.98. The van der Waals surface area contributed by atoms with E-state index < -0.39 is 0 Å². The number of nitrogens with zero attached hydrogens (tertiary/aromatic N) is 3. The van der Waals surface area contributed by atoms with E-state index in [-0.39, 0.29) is 5.91 Å². The zero-order valence-electron chi connectivity index (χ0n) is 13.4. The first-order valence-electron chi connectivity index (χ1n) is 8.49. The summed E-state index contributed by atoms with van der Waals surface area (Å²) in [6.45, 7) is 3.63. The number of para-hydroxylation sites is 2. The van der Waals surface area contributed by atoms with Crippen LogP contribution in [-0.2, 0) is 11.3 Å². The maximum atomic E-state index is 12.6. The molecule has 0 unspecified atom stereocenters. The van der Waals surface area contributed by atoms with Crippen LogP contribution in [0, 0.1) is 0 Å². The fourth-order valence-corrected chi connectivity index (χ4v) is 3.58. The Balaban J connectivity index is 1.63. The smallest absolute Gasteiger partial charge is 0.224 e. The van der Waals surface area contributed by atoms with Gasteiger partial charge >= 0.3 is 0 Å². The Morgan fingerprint density at radius 1 is 1.27 bits per heavy atom. The van der Waals surface area contributed by atoms with Crippen LogP contribution in [0.1, 0.15) is 45.4 Å². The fourth-order valence-electron chi connectivity index (χ4n) is 3.58. The van der Waals surface area contributed by atoms with Crippen LogP contribution in [-0.4, -0.2) is 32.9 Å². The summed E-state index contributed by atoms with van der Waals surface area (Å²) in [7, 11) is 0. The topological polar surface area (TPSA) is 38.1 Å². The summed E-state index contributed by atoms with van der Waals surface area (Å²) in [5.41, 5.74) is 2.10. The third-order valence-electron chi connectivity index (χ3n) is 4.77. The largest absolute Gasteiger partial charge is 0.340 e. The molecular weight excluding hydrogens is 274 g/mol. The van der Waals surface area contributed by atoms with Crippen molar-refractivity contribution in [2.75, 3.05) is 6.54 Å². The molecular formula is C18H25N3O. The van der Waals surface area contributed by atoms with E-state index in [1.165, 1.54) is 32.1 Å². The zero-order valence-corrected chi connectivity index (χ0v) is 13.4. The van der Waals surface area contributed by atoms with Crippen LogP contribution in [0.4, 0.5) is 0 Å². The van der Waals surface area contributed by atoms with Crippen molar-refractivity contribution in [2.24, 2.45) is 0 Å². The molecule has 22 heavy (non-hydrogen) atoms. The number of fused-ring (bicyclic) bond motifs is 1. The van der Waals surface area contributed by atoms with Gasteiger partial charge in [0.15, 0.2) is 0 Å². The third-order valence-corrected chi connectivity index (χ3v) is 4.77. The molecule has 1 heterocycles. The van der Waals surface area contributed by atoms with Gasteiger partial charge < -0.3 is 9.47 Å². The molecule has 1 aliphatic carbocycles. The molecule has 0 saturated heterocycles. The molecule has 2 aromatic rings. The molecule has 1 fully saturated rings. The minimum absolute atomic E-state index is 0.284. The van der Waals surface area contributed by atoms with Crippen LogP contribution in [0.25, 0.3) is 11.0 Å². The number of hydrogen-bond acceptors (Lipinski definition) is 2. The number of carbonyl (C=O) groups excluding carboxylic acids is 1. The van der Waals surface area contributed by atoms with Crippen molar-refractivity contribution in [3.8, 4) is 0 Å². The number of aromatic nitrogens is 2. The van der Waals surface area contributed by atoms with E-state index in [2.05, 4.69) is 27.4 Å². The second kappa shape index (κ2) is 6.95. The highest BCUT2D eigenvalue weighted by atomic mass is 16.2. The lowest BCUT2D eigenvalue weighted by atomic mass is 9.94. The lowest BCUT2D eigenvalue weighted by Crippen LogP contribution is -2.41. The quantitative estimate of drug-likeness (QED) is 0.846. The minimum Gasteiger partial charge on any atom is -0.340 e. The summed E-state index contributed by atoms with van der Waals surface area (Å²) in [5.74, 6) is 0.284. The highest BCUT2D eigenvalue weighted by molar-refractivity contribution is 5.77. The summed E-state index contributed by atoms with van der Waals surface area (Å²) in [5, 5.41) is 0. The maximum absolute atomic E-state index is 12.6. The van der Waals surface area contributed by atoms with Crippen molar-refractivity contribution >= 4 is 16.9 Å². The monoisotopic (exact) mass is 299 g/mol. The lowest BCUT2D eigenvalue weighted by Gasteiger charge is -2.33. The predicted octanol–water partition coefficient (Wildman–Crippen LogP) is 3.61. The Kier molecular flexibility index (Phi) is 4.76. The number of amides is 1. The standard InChI is InChI=1S/C18H25N3O/c1-2-21(15-8-4-3-5-9-15)18(22)12-13-20-14-19-16-10-6-7-11-17(16)20/h6-7,10-11,14-15H,2-5,8-9,12-13H2,1H3. The average molecular weight is 299 g/mol. The van der Waals surface area contributed by atoms with Crippen molar-refractivity contribution < 1.29 is 4.79 Å². The van der Waals surface area contributed by atoms with Gasteiger partial charge in [0.05, 0.1) is 17.4 Å². The van der Waals surface area contributed by atoms with Crippen LogP contribution in [0.15, 0.2) is 30.6 Å². The van der Waals surface area contributed by atoms with Crippen LogP contribution < -0.4 is 0 Å². The summed E-state index contributed by atoms with van der Waals surface area (Å²) in [6.07, 6.45) is 8.60. The van der Waals surface area contributed by atoms with Crippen molar-refractivity contribution in [1.82, 2.24) is 14.5 Å². The molecule has 0 radical (unpaired) electrons. The second-order valence-electron chi connectivity index (χ2n) is 6.15. The molecule has 0 atom stereocenters. The van der Waals surface area contributed by atoms with Gasteiger partial charge in [0.1, 0.15) is 0 Å². The molecule has 1 aromatic heterocycles. The van der Waals surface area contributed by atoms with E-state index >= 15 is 0 Å². The Hall–Kier alpha value is -1.84. The van der Waals surface area contributed by atoms with E-state index in [1.807, 2.05) is 24.5 Å². The molecule has 1 aromatic carbocycles. The van der Waals surface area contributed by atoms with Crippen molar-refractivity contribution in [1.29, 1.82) is 0 Å². The molecule has 1 aliphatic rings. The molecule has 0 N–H and O–H groups in total. The molecule has 118 valence electrons. The number of rotatable bonds is 5. The first-order chi connectivity index (χ1) is 10.8. The summed E-state index contributed by atoms with van der Waals surface area (Å²) >= 11 is 0. The highest BCUT2D eigenvalue weighted by Gasteiger charge is 2.23. The molecule has 1 amide bonds. The van der Waals surface area contributed by atoms with Crippen LogP contribution >= 0.6 is 0 Å². The van der Waals surface area contributed by atoms with Crippen LogP contribution in [0.5, 0.6) is 0 Å². The Morgan fingerprint density at radius 3 is 2.82 bits per heavy atom. The van der Waals surface area contributed by atoms with Gasteiger partial charge in [0, 0.05) is 25.6 Å². The molecule has 0 aliphatic heterocycles. The van der Waals surface area contributed by atoms with Crippen molar-refractivity contribution in [2.45, 2.75) is 58.0 Å². The van der Waals surface area contributed by atoms with Crippen LogP contribution in [0.2, 0.25) is 0 Å². The molecule has 3 rings (SSSR count). The van der Waals surface area contributed by atoms with Crippen molar-refractivity contribution in [3.63, 3.8) is 0 Å². The molecule has 0 bridgehead atoms. The van der Waals surface area contributed by atoms with Gasteiger partial charge in [-0.25, -0.2) is 4.98 Å². The Labute approximate surface area is 132 Å². The highest BCUT2D eigenvalue weighted by Crippen LogP contribution is 2.23. The number of benzene rings is 1. The van der Waals surface area contributed by atoms with Gasteiger partial charge in [0.25, 0.3) is 0 Å². The minimum atomic E-state index is 0.284. The predicted molar refractivity (Wildman–Crippen MR) is 88.6 cm³/mol. The molecule has 0 spiro atoms. The van der Waals surface area contributed by atoms with Gasteiger partial charge in [-0.05, 0) is 31.9 Å². The Bertz CT molecular complexity index is 628. The molecule has 4 heteroatoms. The SMILES string of the molecule is CCN(C(=O)CCn1cnc2ccccc21)C1CCCCC1. The number of imidazole rings is 1. The third kappa shape index (κ3) is 3.16. The van der Waals surface area contributed by atoms with E-state index in [0.29, 0.717) is 19.0 Å². The number of aryl methyl sites for hydroxylation is 1. The van der Waals surface area contributed by atoms with E-state index in [4.69, 9.17) is 0 Å². The maximum Gasteiger partial charge on any atom is 0.224 e. The van der Waals surface area contributed by atoms with Gasteiger partial charge in [0.2, 0.25) is 5.91 Å².